The van der Waals surface area contributed by atoms with Crippen LogP contribution in [0.3, 0.4) is 0 Å². The second-order valence-electron chi connectivity index (χ2n) is 6.91. The van der Waals surface area contributed by atoms with Gasteiger partial charge in [0.1, 0.15) is 0 Å². The van der Waals surface area contributed by atoms with Crippen molar-refractivity contribution in [1.82, 2.24) is 5.32 Å². The molecule has 0 radical (unpaired) electrons. The van der Waals surface area contributed by atoms with E-state index in [1.165, 1.54) is 47.9 Å². The van der Waals surface area contributed by atoms with Crippen molar-refractivity contribution < 1.29 is 0 Å². The summed E-state index contributed by atoms with van der Waals surface area (Å²) in [6.45, 7) is 8.20. The molecule has 0 spiro atoms. The van der Waals surface area contributed by atoms with Gasteiger partial charge in [-0.25, -0.2) is 0 Å². The van der Waals surface area contributed by atoms with Gasteiger partial charge in [0.05, 0.1) is 0 Å². The van der Waals surface area contributed by atoms with Crippen LogP contribution in [0.4, 0.5) is 0 Å². The monoisotopic (exact) mass is 371 g/mol. The van der Waals surface area contributed by atoms with Gasteiger partial charge in [-0.2, -0.15) is 0 Å². The first-order valence-corrected chi connectivity index (χ1v) is 10.2. The molecule has 1 atom stereocenters. The molecular formula is C18H30BrNS. The summed E-state index contributed by atoms with van der Waals surface area (Å²) in [4.78, 5) is 1.52. The van der Waals surface area contributed by atoms with Gasteiger partial charge in [-0.15, -0.1) is 11.3 Å². The first-order valence-electron chi connectivity index (χ1n) is 8.56. The first kappa shape index (κ1) is 17.5. The van der Waals surface area contributed by atoms with Crippen LogP contribution in [0.5, 0.6) is 0 Å². The van der Waals surface area contributed by atoms with Crippen molar-refractivity contribution in [3.8, 4) is 0 Å². The van der Waals surface area contributed by atoms with Gasteiger partial charge in [0.25, 0.3) is 0 Å². The smallest absolute Gasteiger partial charge is 0.0285 e. The van der Waals surface area contributed by atoms with Crippen molar-refractivity contribution in [2.24, 2.45) is 17.8 Å². The summed E-state index contributed by atoms with van der Waals surface area (Å²) in [7, 11) is 0. The van der Waals surface area contributed by atoms with Gasteiger partial charge in [-0.3, -0.25) is 0 Å². The van der Waals surface area contributed by atoms with Crippen molar-refractivity contribution in [2.45, 2.75) is 65.3 Å². The lowest BCUT2D eigenvalue weighted by Crippen LogP contribution is -2.40. The van der Waals surface area contributed by atoms with Gasteiger partial charge < -0.3 is 5.32 Å². The lowest BCUT2D eigenvalue weighted by molar-refractivity contribution is 0.188. The predicted molar refractivity (Wildman–Crippen MR) is 98.1 cm³/mol. The van der Waals surface area contributed by atoms with Gasteiger partial charge in [0.2, 0.25) is 0 Å². The Kier molecular flexibility index (Phi) is 7.24. The SMILES string of the molecule is CCCNC(Cc1cc(Br)cs1)C1CCC(C(C)C)CC1. The Bertz CT molecular complexity index is 407. The highest BCUT2D eigenvalue weighted by Crippen LogP contribution is 2.36. The molecule has 1 saturated carbocycles. The van der Waals surface area contributed by atoms with Crippen LogP contribution in [0.2, 0.25) is 0 Å². The number of halogens is 1. The van der Waals surface area contributed by atoms with Gasteiger partial charge >= 0.3 is 0 Å². The second kappa shape index (κ2) is 8.69. The standard InChI is InChI=1S/C18H30BrNS/c1-4-9-20-18(11-17-10-16(19)12-21-17)15-7-5-14(6-8-15)13(2)3/h10,12-15,18,20H,4-9,11H2,1-3H3. The van der Waals surface area contributed by atoms with E-state index in [-0.39, 0.29) is 0 Å². The third-order valence-corrected chi connectivity index (χ3v) is 6.75. The van der Waals surface area contributed by atoms with E-state index in [4.69, 9.17) is 0 Å². The molecule has 1 nitrogen and oxygen atoms in total. The van der Waals surface area contributed by atoms with Crippen LogP contribution >= 0.6 is 27.3 Å². The molecule has 3 heteroatoms. The normalized spacial score (nSPS) is 24.4. The molecule has 1 unspecified atom stereocenters. The second-order valence-corrected chi connectivity index (χ2v) is 8.83. The highest BCUT2D eigenvalue weighted by Gasteiger charge is 2.28. The van der Waals surface area contributed by atoms with Gasteiger partial charge in [0, 0.05) is 20.8 Å². The van der Waals surface area contributed by atoms with E-state index in [0.717, 1.165) is 24.3 Å². The van der Waals surface area contributed by atoms with Crippen molar-refractivity contribution >= 4 is 27.3 Å². The molecule has 21 heavy (non-hydrogen) atoms. The van der Waals surface area contributed by atoms with E-state index in [1.54, 1.807) is 0 Å². The summed E-state index contributed by atoms with van der Waals surface area (Å²) >= 11 is 5.48. The first-order chi connectivity index (χ1) is 10.1. The van der Waals surface area contributed by atoms with Crippen LogP contribution in [0.25, 0.3) is 0 Å². The molecule has 1 aliphatic rings. The summed E-state index contributed by atoms with van der Waals surface area (Å²) in [5.74, 6) is 2.69. The van der Waals surface area contributed by atoms with Crippen LogP contribution in [0.1, 0.15) is 57.8 Å². The zero-order valence-corrected chi connectivity index (χ0v) is 16.1. The molecule has 0 saturated heterocycles. The topological polar surface area (TPSA) is 12.0 Å². The maximum atomic E-state index is 3.83. The van der Waals surface area contributed by atoms with Gasteiger partial charge in [0.15, 0.2) is 0 Å². The minimum Gasteiger partial charge on any atom is -0.313 e. The maximum absolute atomic E-state index is 3.83. The molecule has 1 aliphatic carbocycles. The summed E-state index contributed by atoms with van der Waals surface area (Å²) in [5, 5.41) is 6.04. The third kappa shape index (κ3) is 5.37. The number of nitrogens with one attached hydrogen (secondary N) is 1. The summed E-state index contributed by atoms with van der Waals surface area (Å²) in [5.41, 5.74) is 0. The fourth-order valence-corrected chi connectivity index (χ4v) is 5.14. The summed E-state index contributed by atoms with van der Waals surface area (Å²) < 4.78 is 1.24. The van der Waals surface area contributed by atoms with Crippen molar-refractivity contribution in [3.63, 3.8) is 0 Å². The molecule has 0 aromatic carbocycles. The van der Waals surface area contributed by atoms with Gasteiger partial charge in [-0.1, -0.05) is 20.8 Å². The fourth-order valence-electron chi connectivity index (χ4n) is 3.63. The predicted octanol–water partition coefficient (Wildman–Crippen LogP) is 5.88. The molecule has 1 fully saturated rings. The molecule has 120 valence electrons. The van der Waals surface area contributed by atoms with E-state index < -0.39 is 0 Å². The Morgan fingerprint density at radius 2 is 1.90 bits per heavy atom. The zero-order chi connectivity index (χ0) is 15.2. The van der Waals surface area contributed by atoms with Crippen molar-refractivity contribution in [1.29, 1.82) is 0 Å². The van der Waals surface area contributed by atoms with Crippen LogP contribution in [0, 0.1) is 17.8 Å². The highest BCUT2D eigenvalue weighted by atomic mass is 79.9. The summed E-state index contributed by atoms with van der Waals surface area (Å²) in [6.07, 6.45) is 8.12. The van der Waals surface area contributed by atoms with E-state index in [0.29, 0.717) is 6.04 Å². The Morgan fingerprint density at radius 1 is 1.24 bits per heavy atom. The van der Waals surface area contributed by atoms with Crippen LogP contribution in [-0.4, -0.2) is 12.6 Å². The van der Waals surface area contributed by atoms with Crippen molar-refractivity contribution in [2.75, 3.05) is 6.54 Å². The molecule has 0 aliphatic heterocycles. The number of hydrogen-bond acceptors (Lipinski definition) is 2. The zero-order valence-electron chi connectivity index (χ0n) is 13.7. The largest absolute Gasteiger partial charge is 0.313 e. The Morgan fingerprint density at radius 3 is 2.43 bits per heavy atom. The fraction of sp³-hybridized carbons (Fsp3) is 0.778. The summed E-state index contributed by atoms with van der Waals surface area (Å²) in [6, 6.07) is 2.97. The molecule has 2 rings (SSSR count). The number of rotatable bonds is 7. The Labute approximate surface area is 143 Å². The molecule has 0 amide bonds. The van der Waals surface area contributed by atoms with Gasteiger partial charge in [-0.05, 0) is 84.8 Å². The molecule has 1 N–H and O–H groups in total. The van der Waals surface area contributed by atoms with E-state index in [1.807, 2.05) is 11.3 Å². The van der Waals surface area contributed by atoms with E-state index >= 15 is 0 Å². The molecule has 1 aromatic heterocycles. The van der Waals surface area contributed by atoms with Crippen LogP contribution in [-0.2, 0) is 6.42 Å². The highest BCUT2D eigenvalue weighted by molar-refractivity contribution is 9.10. The third-order valence-electron chi connectivity index (χ3n) is 5.03. The molecule has 1 heterocycles. The minimum atomic E-state index is 0.670. The quantitative estimate of drug-likeness (QED) is 0.630. The van der Waals surface area contributed by atoms with Crippen LogP contribution < -0.4 is 5.32 Å². The van der Waals surface area contributed by atoms with E-state index in [9.17, 15) is 0 Å². The Hall–Kier alpha value is 0.140. The maximum Gasteiger partial charge on any atom is 0.0285 e. The number of thiophene rings is 1. The average molecular weight is 372 g/mol. The molecular weight excluding hydrogens is 342 g/mol. The Balaban J connectivity index is 1.93. The molecule has 0 bridgehead atoms. The minimum absolute atomic E-state index is 0.670. The average Bonchev–Trinajstić information content (AvgIpc) is 2.89. The number of hydrogen-bond donors (Lipinski definition) is 1. The van der Waals surface area contributed by atoms with Crippen LogP contribution in [0.15, 0.2) is 15.9 Å². The van der Waals surface area contributed by atoms with E-state index in [2.05, 4.69) is 53.5 Å². The lowest BCUT2D eigenvalue weighted by Gasteiger charge is -2.36. The molecule has 1 aromatic rings. The van der Waals surface area contributed by atoms with Crippen molar-refractivity contribution in [3.05, 3.63) is 20.8 Å². The lowest BCUT2D eigenvalue weighted by atomic mass is 9.74.